The van der Waals surface area contributed by atoms with Crippen LogP contribution in [0.15, 0.2) is 16.2 Å². The van der Waals surface area contributed by atoms with Gasteiger partial charge in [-0.2, -0.15) is 0 Å². The molecule has 2 fully saturated rings. The molecule has 0 spiro atoms. The van der Waals surface area contributed by atoms with Crippen LogP contribution >= 0.6 is 11.8 Å². The lowest BCUT2D eigenvalue weighted by Crippen LogP contribution is -2.22. The maximum absolute atomic E-state index is 4.87. The Labute approximate surface area is 160 Å². The van der Waals surface area contributed by atoms with E-state index in [1.54, 1.807) is 11.8 Å². The zero-order chi connectivity index (χ0) is 18.7. The fourth-order valence-corrected chi connectivity index (χ4v) is 3.86. The van der Waals surface area contributed by atoms with Crippen molar-refractivity contribution in [2.75, 3.05) is 0 Å². The fourth-order valence-electron chi connectivity index (χ4n) is 2.94. The van der Waals surface area contributed by atoms with Gasteiger partial charge in [-0.3, -0.25) is 0 Å². The number of aromatic nitrogens is 5. The van der Waals surface area contributed by atoms with Crippen LogP contribution in [0.5, 0.6) is 0 Å². The third-order valence-electron chi connectivity index (χ3n) is 4.88. The van der Waals surface area contributed by atoms with Gasteiger partial charge in [0.2, 0.25) is 0 Å². The topological polar surface area (TPSA) is 56.5 Å². The summed E-state index contributed by atoms with van der Waals surface area (Å²) in [7, 11) is 0. The SMILES string of the molecule is CC(C)(C)c1cc(Sc2nnc(C3CC3)n2C2CC2)nc(C(C)(C)C)n1. The molecular formula is C20H29N5S. The normalized spacial score (nSPS) is 18.4. The molecule has 2 aliphatic rings. The molecular weight excluding hydrogens is 342 g/mol. The molecule has 0 atom stereocenters. The fraction of sp³-hybridized carbons (Fsp3) is 0.700. The first-order chi connectivity index (χ1) is 12.1. The van der Waals surface area contributed by atoms with Crippen LogP contribution < -0.4 is 0 Å². The Morgan fingerprint density at radius 3 is 2.15 bits per heavy atom. The lowest BCUT2D eigenvalue weighted by atomic mass is 9.90. The molecule has 2 aromatic rings. The monoisotopic (exact) mass is 371 g/mol. The van der Waals surface area contributed by atoms with Crippen LogP contribution in [0.3, 0.4) is 0 Å². The minimum absolute atomic E-state index is 0.0123. The van der Waals surface area contributed by atoms with Crippen molar-refractivity contribution in [1.82, 2.24) is 24.7 Å². The first-order valence-electron chi connectivity index (χ1n) is 9.65. The van der Waals surface area contributed by atoms with Crippen LogP contribution in [0.2, 0.25) is 0 Å². The van der Waals surface area contributed by atoms with E-state index in [4.69, 9.17) is 9.97 Å². The first kappa shape index (κ1) is 18.0. The third-order valence-corrected chi connectivity index (χ3v) is 5.76. The van der Waals surface area contributed by atoms with Gasteiger partial charge in [-0.15, -0.1) is 10.2 Å². The Kier molecular flexibility index (Phi) is 4.17. The maximum Gasteiger partial charge on any atom is 0.197 e. The molecule has 0 aliphatic heterocycles. The van der Waals surface area contributed by atoms with E-state index in [0.717, 1.165) is 21.7 Å². The lowest BCUT2D eigenvalue weighted by molar-refractivity contribution is 0.505. The smallest absolute Gasteiger partial charge is 0.197 e. The Balaban J connectivity index is 1.72. The number of hydrogen-bond acceptors (Lipinski definition) is 5. The average molecular weight is 372 g/mol. The molecule has 0 bridgehead atoms. The molecule has 0 N–H and O–H groups in total. The van der Waals surface area contributed by atoms with Gasteiger partial charge in [0.05, 0.1) is 5.69 Å². The highest BCUT2D eigenvalue weighted by Crippen LogP contribution is 2.46. The second-order valence-electron chi connectivity index (χ2n) is 9.73. The largest absolute Gasteiger partial charge is 0.302 e. The summed E-state index contributed by atoms with van der Waals surface area (Å²) in [5, 5.41) is 11.0. The quantitative estimate of drug-likeness (QED) is 0.706. The highest BCUT2D eigenvalue weighted by atomic mass is 32.2. The predicted molar refractivity (Wildman–Crippen MR) is 104 cm³/mol. The van der Waals surface area contributed by atoms with Gasteiger partial charge in [0, 0.05) is 22.8 Å². The van der Waals surface area contributed by atoms with Crippen LogP contribution in [0.25, 0.3) is 0 Å². The standard InChI is InChI=1S/C20H29N5S/c1-19(2,3)14-11-15(22-17(21-14)20(4,5)6)26-18-24-23-16(12-7-8-12)25(18)13-9-10-13/h11-13H,7-10H2,1-6H3. The average Bonchev–Trinajstić information content (AvgIpc) is 3.45. The van der Waals surface area contributed by atoms with E-state index in [-0.39, 0.29) is 10.8 Å². The number of hydrogen-bond donors (Lipinski definition) is 0. The molecule has 140 valence electrons. The van der Waals surface area contributed by atoms with E-state index < -0.39 is 0 Å². The van der Waals surface area contributed by atoms with Gasteiger partial charge in [-0.25, -0.2) is 9.97 Å². The van der Waals surface area contributed by atoms with Crippen LogP contribution in [0.1, 0.15) is 96.5 Å². The van der Waals surface area contributed by atoms with E-state index in [0.29, 0.717) is 12.0 Å². The highest BCUT2D eigenvalue weighted by molar-refractivity contribution is 7.99. The molecule has 0 saturated heterocycles. The number of rotatable bonds is 4. The van der Waals surface area contributed by atoms with Crippen LogP contribution in [0, 0.1) is 0 Å². The molecule has 26 heavy (non-hydrogen) atoms. The highest BCUT2D eigenvalue weighted by Gasteiger charge is 2.36. The van der Waals surface area contributed by atoms with Crippen molar-refractivity contribution in [2.24, 2.45) is 0 Å². The molecule has 0 aromatic carbocycles. The van der Waals surface area contributed by atoms with E-state index in [2.05, 4.69) is 62.4 Å². The van der Waals surface area contributed by atoms with Gasteiger partial charge in [0.15, 0.2) is 5.16 Å². The van der Waals surface area contributed by atoms with Crippen LogP contribution in [-0.4, -0.2) is 24.7 Å². The molecule has 4 rings (SSSR count). The van der Waals surface area contributed by atoms with E-state index >= 15 is 0 Å². The summed E-state index contributed by atoms with van der Waals surface area (Å²) in [6, 6.07) is 2.72. The van der Waals surface area contributed by atoms with Gasteiger partial charge in [-0.1, -0.05) is 41.5 Å². The van der Waals surface area contributed by atoms with Crippen molar-refractivity contribution in [3.63, 3.8) is 0 Å². The van der Waals surface area contributed by atoms with Gasteiger partial charge in [-0.05, 0) is 43.5 Å². The Morgan fingerprint density at radius 2 is 1.62 bits per heavy atom. The third kappa shape index (κ3) is 3.66. The molecule has 0 unspecified atom stereocenters. The summed E-state index contributed by atoms with van der Waals surface area (Å²) in [4.78, 5) is 9.74. The molecule has 2 aliphatic carbocycles. The van der Waals surface area contributed by atoms with Crippen molar-refractivity contribution in [3.05, 3.63) is 23.4 Å². The number of nitrogens with zero attached hydrogens (tertiary/aromatic N) is 5. The zero-order valence-electron chi connectivity index (χ0n) is 16.7. The Morgan fingerprint density at radius 1 is 0.923 bits per heavy atom. The van der Waals surface area contributed by atoms with Gasteiger partial charge >= 0.3 is 0 Å². The van der Waals surface area contributed by atoms with Crippen molar-refractivity contribution in [3.8, 4) is 0 Å². The molecule has 5 nitrogen and oxygen atoms in total. The van der Waals surface area contributed by atoms with E-state index in [9.17, 15) is 0 Å². The minimum Gasteiger partial charge on any atom is -0.302 e. The summed E-state index contributed by atoms with van der Waals surface area (Å²) in [5.41, 5.74) is 0.987. The second kappa shape index (κ2) is 6.04. The van der Waals surface area contributed by atoms with Crippen LogP contribution in [0.4, 0.5) is 0 Å². The Hall–Kier alpha value is -1.43. The minimum atomic E-state index is -0.0834. The molecule has 0 radical (unpaired) electrons. The predicted octanol–water partition coefficient (Wildman–Crippen LogP) is 5.03. The van der Waals surface area contributed by atoms with E-state index in [1.165, 1.54) is 31.5 Å². The maximum atomic E-state index is 4.87. The molecule has 0 amide bonds. The second-order valence-corrected chi connectivity index (χ2v) is 10.7. The molecule has 2 saturated carbocycles. The summed E-state index contributed by atoms with van der Waals surface area (Å²) in [6.07, 6.45) is 5.00. The van der Waals surface area contributed by atoms with E-state index in [1.807, 2.05) is 0 Å². The van der Waals surface area contributed by atoms with Gasteiger partial charge in [0.25, 0.3) is 0 Å². The summed E-state index contributed by atoms with van der Waals surface area (Å²) >= 11 is 1.65. The molecule has 2 aromatic heterocycles. The summed E-state index contributed by atoms with van der Waals surface area (Å²) in [5.74, 6) is 2.71. The van der Waals surface area contributed by atoms with Crippen molar-refractivity contribution < 1.29 is 0 Å². The molecule has 2 heterocycles. The summed E-state index contributed by atoms with van der Waals surface area (Å²) in [6.45, 7) is 13.1. The van der Waals surface area contributed by atoms with Crippen molar-refractivity contribution in [1.29, 1.82) is 0 Å². The van der Waals surface area contributed by atoms with Crippen LogP contribution in [-0.2, 0) is 10.8 Å². The summed E-state index contributed by atoms with van der Waals surface area (Å²) < 4.78 is 2.39. The zero-order valence-corrected chi connectivity index (χ0v) is 17.5. The lowest BCUT2D eigenvalue weighted by Gasteiger charge is -2.23. The van der Waals surface area contributed by atoms with Crippen molar-refractivity contribution in [2.45, 2.75) is 100 Å². The Bertz CT molecular complexity index is 787. The molecule has 6 heteroatoms. The van der Waals surface area contributed by atoms with Gasteiger partial charge in [0.1, 0.15) is 16.7 Å². The first-order valence-corrected chi connectivity index (χ1v) is 10.5. The van der Waals surface area contributed by atoms with Crippen molar-refractivity contribution >= 4 is 11.8 Å². The van der Waals surface area contributed by atoms with Gasteiger partial charge < -0.3 is 4.57 Å².